The summed E-state index contributed by atoms with van der Waals surface area (Å²) in [6.07, 6.45) is 57.7. The van der Waals surface area contributed by atoms with Crippen LogP contribution >= 0.6 is 0 Å². The number of carbonyl (C=O) groups is 14. The molecule has 0 aliphatic carbocycles. The van der Waals surface area contributed by atoms with Crippen molar-refractivity contribution in [3.8, 4) is 0 Å². The van der Waals surface area contributed by atoms with Gasteiger partial charge in [-0.15, -0.1) is 0 Å². The molecule has 28 heteroatoms. The van der Waals surface area contributed by atoms with Crippen LogP contribution in [0.2, 0.25) is 0 Å². The SMILES string of the molecule is O=C(O)CCCCCCCCC(=O)O.O=C(O)CCCCCCCCC(=O)O.O=C(O)CCCCCCCCC(=O)O.O=C(O)CCCCCCCCC(=O)O.O=C(O)CCCCCCCCC(=O)O.O=C(O)CCCCCCCCC(=O)O.O=C(O)CCCCCCCCCCCCCCCCCCCCC(=O)O. The minimum absolute atomic E-state index is 0.245. The van der Waals surface area contributed by atoms with Crippen molar-refractivity contribution in [1.82, 2.24) is 0 Å². The van der Waals surface area contributed by atoms with E-state index in [0.717, 1.165) is 257 Å². The number of aliphatic carboxylic acids is 14. The van der Waals surface area contributed by atoms with Gasteiger partial charge in [-0.25, -0.2) is 0 Å². The van der Waals surface area contributed by atoms with Crippen LogP contribution in [-0.4, -0.2) is 155 Å². The van der Waals surface area contributed by atoms with E-state index < -0.39 is 83.6 Å². The van der Waals surface area contributed by atoms with Gasteiger partial charge in [0, 0.05) is 89.9 Å². The van der Waals surface area contributed by atoms with Crippen LogP contribution in [0.5, 0.6) is 0 Å². The number of carboxylic acid groups (broad SMARTS) is 14. The van der Waals surface area contributed by atoms with Gasteiger partial charge in [0.05, 0.1) is 0 Å². The summed E-state index contributed by atoms with van der Waals surface area (Å²) in [7, 11) is 0. The predicted molar refractivity (Wildman–Crippen MR) is 421 cm³/mol. The Kier molecular flexibility index (Phi) is 103. The molecule has 0 atom stereocenters. The van der Waals surface area contributed by atoms with Gasteiger partial charge in [-0.2, -0.15) is 0 Å². The first-order valence-electron chi connectivity index (χ1n) is 41.4. The van der Waals surface area contributed by atoms with Crippen molar-refractivity contribution in [1.29, 1.82) is 0 Å². The molecule has 0 heterocycles. The Balaban J connectivity index is -0.000000229. The highest BCUT2D eigenvalue weighted by molar-refractivity contribution is 5.70. The number of carboxylic acids is 14. The lowest BCUT2D eigenvalue weighted by Crippen LogP contribution is -1.94. The molecule has 0 aromatic carbocycles. The van der Waals surface area contributed by atoms with Crippen LogP contribution < -0.4 is 0 Å². The molecule has 0 aromatic heterocycles. The summed E-state index contributed by atoms with van der Waals surface area (Å²) < 4.78 is 0. The van der Waals surface area contributed by atoms with Crippen molar-refractivity contribution in [2.45, 2.75) is 437 Å². The fourth-order valence-corrected chi connectivity index (χ4v) is 10.9. The van der Waals surface area contributed by atoms with Crippen molar-refractivity contribution >= 4 is 83.6 Å². The molecule has 110 heavy (non-hydrogen) atoms. The van der Waals surface area contributed by atoms with E-state index in [9.17, 15) is 67.1 Å². The second-order valence-electron chi connectivity index (χ2n) is 28.1. The highest BCUT2D eigenvalue weighted by Gasteiger charge is 2.06. The maximum Gasteiger partial charge on any atom is 0.303 e. The van der Waals surface area contributed by atoms with Crippen LogP contribution in [0.15, 0.2) is 0 Å². The van der Waals surface area contributed by atoms with Gasteiger partial charge in [0.25, 0.3) is 0 Å². The maximum atomic E-state index is 10.4. The second kappa shape index (κ2) is 97.7. The van der Waals surface area contributed by atoms with Crippen LogP contribution in [0.4, 0.5) is 0 Å². The Hall–Kier alpha value is -7.42. The van der Waals surface area contributed by atoms with E-state index in [1.807, 2.05) is 0 Å². The van der Waals surface area contributed by atoms with Crippen LogP contribution in [0, 0.1) is 0 Å². The number of rotatable bonds is 75. The summed E-state index contributed by atoms with van der Waals surface area (Å²) in [6, 6.07) is 0. The Morgan fingerprint density at radius 1 is 0.0818 bits per heavy atom. The van der Waals surface area contributed by atoms with E-state index in [1.165, 1.54) is 89.9 Å². The fraction of sp³-hybridized carbons (Fsp3) is 0.829. The minimum atomic E-state index is -0.740. The fourth-order valence-electron chi connectivity index (χ4n) is 10.9. The van der Waals surface area contributed by atoms with Crippen LogP contribution in [0.25, 0.3) is 0 Å². The van der Waals surface area contributed by atoms with Gasteiger partial charge in [-0.05, 0) is 89.9 Å². The van der Waals surface area contributed by atoms with Crippen molar-refractivity contribution < 1.29 is 139 Å². The van der Waals surface area contributed by atoms with Gasteiger partial charge < -0.3 is 71.5 Å². The topological polar surface area (TPSA) is 522 Å². The summed E-state index contributed by atoms with van der Waals surface area (Å²) in [5, 5.41) is 117. The van der Waals surface area contributed by atoms with Crippen molar-refractivity contribution in [2.24, 2.45) is 0 Å². The lowest BCUT2D eigenvalue weighted by atomic mass is 10.0. The Bertz CT molecular complexity index is 1780. The average molecular weight is 1580 g/mol. The quantitative estimate of drug-likeness (QED) is 0.0252. The molecule has 0 spiro atoms. The summed E-state index contributed by atoms with van der Waals surface area (Å²) >= 11 is 0. The second-order valence-corrected chi connectivity index (χ2v) is 28.1. The molecule has 0 aliphatic rings. The van der Waals surface area contributed by atoms with Crippen LogP contribution in [-0.2, 0) is 67.1 Å². The zero-order valence-corrected chi connectivity index (χ0v) is 67.1. The van der Waals surface area contributed by atoms with E-state index in [-0.39, 0.29) is 77.0 Å². The molecule has 0 bridgehead atoms. The first-order valence-corrected chi connectivity index (χ1v) is 41.4. The number of unbranched alkanes of at least 4 members (excludes halogenated alkanes) is 47. The molecule has 0 aromatic rings. The molecule has 0 rings (SSSR count). The zero-order valence-electron chi connectivity index (χ0n) is 67.1. The molecular weight excluding hydrogens is 1430 g/mol. The Morgan fingerprint density at radius 3 is 0.155 bits per heavy atom. The van der Waals surface area contributed by atoms with E-state index in [0.29, 0.717) is 12.8 Å². The molecule has 14 N–H and O–H groups in total. The molecule has 646 valence electrons. The van der Waals surface area contributed by atoms with Gasteiger partial charge in [0.15, 0.2) is 0 Å². The van der Waals surface area contributed by atoms with E-state index in [2.05, 4.69) is 0 Å². The molecule has 0 radical (unpaired) electrons. The van der Waals surface area contributed by atoms with Gasteiger partial charge in [0.2, 0.25) is 0 Å². The average Bonchev–Trinajstić information content (AvgIpc) is 1.83. The molecule has 28 nitrogen and oxygen atoms in total. The van der Waals surface area contributed by atoms with Gasteiger partial charge >= 0.3 is 83.6 Å². The first-order chi connectivity index (χ1) is 52.4. The van der Waals surface area contributed by atoms with E-state index >= 15 is 0 Å². The van der Waals surface area contributed by atoms with E-state index in [4.69, 9.17) is 71.5 Å². The lowest BCUT2D eigenvalue weighted by Gasteiger charge is -2.03. The maximum absolute atomic E-state index is 10.4. The van der Waals surface area contributed by atoms with Crippen LogP contribution in [0.1, 0.15) is 437 Å². The summed E-state index contributed by atoms with van der Waals surface area (Å²) in [6.45, 7) is 0. The number of hydrogen-bond donors (Lipinski definition) is 14. The zero-order chi connectivity index (χ0) is 84.2. The molecule has 0 fully saturated rings. The Labute approximate surface area is 656 Å². The molecule has 0 saturated heterocycles. The van der Waals surface area contributed by atoms with Crippen LogP contribution in [0.3, 0.4) is 0 Å². The number of hydrogen-bond acceptors (Lipinski definition) is 14. The summed E-state index contributed by atoms with van der Waals surface area (Å²) in [5.74, 6) is -10.2. The van der Waals surface area contributed by atoms with E-state index in [1.54, 1.807) is 0 Å². The van der Waals surface area contributed by atoms with Crippen molar-refractivity contribution in [2.75, 3.05) is 0 Å². The smallest absolute Gasteiger partial charge is 0.303 e. The van der Waals surface area contributed by atoms with Crippen molar-refractivity contribution in [3.05, 3.63) is 0 Å². The normalized spacial score (nSPS) is 10.2. The van der Waals surface area contributed by atoms with Gasteiger partial charge in [0.1, 0.15) is 0 Å². The molecular formula is C82H150O28. The minimum Gasteiger partial charge on any atom is -0.481 e. The molecule has 0 unspecified atom stereocenters. The first kappa shape index (κ1) is 116. The highest BCUT2D eigenvalue weighted by Crippen LogP contribution is 2.17. The van der Waals surface area contributed by atoms with Crippen molar-refractivity contribution in [3.63, 3.8) is 0 Å². The predicted octanol–water partition coefficient (Wildman–Crippen LogP) is 20.6. The molecule has 0 amide bonds. The van der Waals surface area contributed by atoms with Gasteiger partial charge in [-0.1, -0.05) is 257 Å². The molecule has 0 aliphatic heterocycles. The third-order valence-corrected chi connectivity index (χ3v) is 17.2. The van der Waals surface area contributed by atoms with Gasteiger partial charge in [-0.3, -0.25) is 67.1 Å². The monoisotopic (exact) mass is 1580 g/mol. The largest absolute Gasteiger partial charge is 0.481 e. The third kappa shape index (κ3) is 150. The third-order valence-electron chi connectivity index (χ3n) is 17.2. The Morgan fingerprint density at radius 2 is 0.118 bits per heavy atom. The molecule has 0 saturated carbocycles. The standard InChI is InChI=1S/C22H42O4.6C10H18O4/c23-21(24)19-17-15-13-11-9-7-5-3-1-2-4-6-8-10-12-14-16-18-20-22(25)26;6*11-9(12)7-5-3-1-2-4-6-8-10(13)14/h1-20H2,(H,23,24)(H,25,26);6*1-8H2,(H,11,12)(H,13,14). The lowest BCUT2D eigenvalue weighted by molar-refractivity contribution is -0.138. The summed E-state index contributed by atoms with van der Waals surface area (Å²) in [5.41, 5.74) is 0. The summed E-state index contributed by atoms with van der Waals surface area (Å²) in [4.78, 5) is 142. The highest BCUT2D eigenvalue weighted by atomic mass is 16.4.